The van der Waals surface area contributed by atoms with Crippen LogP contribution in [0.5, 0.6) is 5.75 Å². The molecule has 0 spiro atoms. The Morgan fingerprint density at radius 3 is 2.58 bits per heavy atom. The molecule has 2 aromatic rings. The van der Waals surface area contributed by atoms with E-state index in [1.165, 1.54) is 11.0 Å². The molecule has 0 bridgehead atoms. The highest BCUT2D eigenvalue weighted by molar-refractivity contribution is 7.94. The van der Waals surface area contributed by atoms with Crippen LogP contribution in [0.4, 0.5) is 5.69 Å². The SMILES string of the molecule is Cc1ccc(N(C(=O)COc2ccccc2)C2C=CS(=O)(=O)C2)cc1Cl. The van der Waals surface area contributed by atoms with Gasteiger partial charge in [0.25, 0.3) is 5.91 Å². The van der Waals surface area contributed by atoms with Gasteiger partial charge >= 0.3 is 0 Å². The quantitative estimate of drug-likeness (QED) is 0.783. The summed E-state index contributed by atoms with van der Waals surface area (Å²) in [6.45, 7) is 1.65. The first kappa shape index (κ1) is 18.5. The molecule has 0 saturated carbocycles. The summed E-state index contributed by atoms with van der Waals surface area (Å²) in [6.07, 6.45) is 1.52. The number of sulfone groups is 1. The Balaban J connectivity index is 1.86. The third-order valence-corrected chi connectivity index (χ3v) is 5.84. The van der Waals surface area contributed by atoms with Crippen LogP contribution in [0.1, 0.15) is 5.56 Å². The van der Waals surface area contributed by atoms with Gasteiger partial charge in [0, 0.05) is 16.1 Å². The van der Waals surface area contributed by atoms with Crippen LogP contribution in [0.2, 0.25) is 5.02 Å². The zero-order valence-corrected chi connectivity index (χ0v) is 15.7. The molecule has 0 N–H and O–H groups in total. The van der Waals surface area contributed by atoms with Crippen LogP contribution in [0.25, 0.3) is 0 Å². The average molecular weight is 392 g/mol. The van der Waals surface area contributed by atoms with E-state index in [2.05, 4.69) is 0 Å². The molecule has 1 amide bonds. The number of ether oxygens (including phenoxy) is 1. The third kappa shape index (κ3) is 4.26. The Morgan fingerprint density at radius 1 is 1.23 bits per heavy atom. The van der Waals surface area contributed by atoms with Crippen molar-refractivity contribution in [3.8, 4) is 5.75 Å². The number of amides is 1. The van der Waals surface area contributed by atoms with Gasteiger partial charge in [0.2, 0.25) is 0 Å². The van der Waals surface area contributed by atoms with Gasteiger partial charge < -0.3 is 9.64 Å². The number of rotatable bonds is 5. The topological polar surface area (TPSA) is 63.7 Å². The molecule has 136 valence electrons. The Kier molecular flexibility index (Phi) is 5.34. The molecule has 26 heavy (non-hydrogen) atoms. The van der Waals surface area contributed by atoms with E-state index in [9.17, 15) is 13.2 Å². The van der Waals surface area contributed by atoms with Crippen LogP contribution in [0.15, 0.2) is 60.0 Å². The van der Waals surface area contributed by atoms with Gasteiger partial charge in [0.1, 0.15) is 5.75 Å². The average Bonchev–Trinajstić information content (AvgIpc) is 2.97. The third-order valence-electron chi connectivity index (χ3n) is 4.05. The predicted octanol–water partition coefficient (Wildman–Crippen LogP) is 3.37. The first-order valence-corrected chi connectivity index (χ1v) is 10.1. The second-order valence-corrected chi connectivity index (χ2v) is 8.36. The molecule has 1 aliphatic heterocycles. The van der Waals surface area contributed by atoms with E-state index in [0.29, 0.717) is 16.5 Å². The highest BCUT2D eigenvalue weighted by Gasteiger charge is 2.31. The molecule has 1 aliphatic rings. The van der Waals surface area contributed by atoms with E-state index in [4.69, 9.17) is 16.3 Å². The van der Waals surface area contributed by atoms with Crippen molar-refractivity contribution in [3.63, 3.8) is 0 Å². The van der Waals surface area contributed by atoms with Gasteiger partial charge in [-0.05, 0) is 42.8 Å². The largest absolute Gasteiger partial charge is 0.484 e. The van der Waals surface area contributed by atoms with Gasteiger partial charge in [-0.25, -0.2) is 8.42 Å². The lowest BCUT2D eigenvalue weighted by Gasteiger charge is -2.28. The molecule has 0 fully saturated rings. The maximum atomic E-state index is 12.8. The lowest BCUT2D eigenvalue weighted by molar-refractivity contribution is -0.120. The fourth-order valence-electron chi connectivity index (χ4n) is 2.70. The van der Waals surface area contributed by atoms with Gasteiger partial charge in [0.05, 0.1) is 11.8 Å². The zero-order chi connectivity index (χ0) is 18.7. The maximum absolute atomic E-state index is 12.8. The second-order valence-electron chi connectivity index (χ2n) is 6.02. The number of para-hydroxylation sites is 1. The normalized spacial score (nSPS) is 17.8. The molecule has 1 atom stereocenters. The van der Waals surface area contributed by atoms with Crippen molar-refractivity contribution >= 4 is 33.0 Å². The summed E-state index contributed by atoms with van der Waals surface area (Å²) in [7, 11) is -3.32. The van der Waals surface area contributed by atoms with E-state index in [0.717, 1.165) is 11.0 Å². The minimum Gasteiger partial charge on any atom is -0.484 e. The Bertz CT molecular complexity index is 941. The fraction of sp³-hybridized carbons (Fsp3) is 0.211. The van der Waals surface area contributed by atoms with E-state index in [1.54, 1.807) is 30.3 Å². The summed E-state index contributed by atoms with van der Waals surface area (Å²) >= 11 is 6.19. The smallest absolute Gasteiger partial charge is 0.265 e. The predicted molar refractivity (Wildman–Crippen MR) is 102 cm³/mol. The molecular formula is C19H18ClNO4S. The van der Waals surface area contributed by atoms with Gasteiger partial charge in [-0.1, -0.05) is 35.9 Å². The molecule has 0 aromatic heterocycles. The molecule has 3 rings (SSSR count). The molecule has 0 radical (unpaired) electrons. The Labute approximate surface area is 157 Å². The minimum absolute atomic E-state index is 0.157. The van der Waals surface area contributed by atoms with E-state index >= 15 is 0 Å². The van der Waals surface area contributed by atoms with Gasteiger partial charge in [-0.15, -0.1) is 0 Å². The maximum Gasteiger partial charge on any atom is 0.265 e. The first-order valence-electron chi connectivity index (χ1n) is 8.03. The second kappa shape index (κ2) is 7.51. The van der Waals surface area contributed by atoms with Crippen LogP contribution in [0, 0.1) is 6.92 Å². The van der Waals surface area contributed by atoms with Crippen LogP contribution in [0.3, 0.4) is 0 Å². The van der Waals surface area contributed by atoms with Crippen molar-refractivity contribution in [2.75, 3.05) is 17.3 Å². The molecular weight excluding hydrogens is 374 g/mol. The number of hydrogen-bond donors (Lipinski definition) is 0. The number of carbonyl (C=O) groups is 1. The monoisotopic (exact) mass is 391 g/mol. The molecule has 0 saturated heterocycles. The standard InChI is InChI=1S/C19H18ClNO4S/c1-14-7-8-15(11-18(14)20)21(16-9-10-26(23,24)13-16)19(22)12-25-17-5-3-2-4-6-17/h2-11,16H,12-13H2,1H3. The number of nitrogens with zero attached hydrogens (tertiary/aromatic N) is 1. The summed E-state index contributed by atoms with van der Waals surface area (Å²) < 4.78 is 29.2. The van der Waals surface area contributed by atoms with Gasteiger partial charge in [-0.3, -0.25) is 4.79 Å². The molecule has 1 unspecified atom stereocenters. The number of aryl methyl sites for hydroxylation is 1. The molecule has 0 aliphatic carbocycles. The Hall–Kier alpha value is -2.31. The number of hydrogen-bond acceptors (Lipinski definition) is 4. The van der Waals surface area contributed by atoms with Crippen LogP contribution >= 0.6 is 11.6 Å². The van der Waals surface area contributed by atoms with Gasteiger partial charge in [0.15, 0.2) is 16.4 Å². The van der Waals surface area contributed by atoms with Crippen LogP contribution < -0.4 is 9.64 Å². The van der Waals surface area contributed by atoms with Crippen molar-refractivity contribution < 1.29 is 17.9 Å². The van der Waals surface area contributed by atoms with E-state index in [1.807, 2.05) is 25.1 Å². The van der Waals surface area contributed by atoms with E-state index in [-0.39, 0.29) is 18.3 Å². The van der Waals surface area contributed by atoms with Crippen molar-refractivity contribution in [1.82, 2.24) is 0 Å². The van der Waals surface area contributed by atoms with Crippen molar-refractivity contribution in [2.24, 2.45) is 0 Å². The van der Waals surface area contributed by atoms with Crippen molar-refractivity contribution in [2.45, 2.75) is 13.0 Å². The zero-order valence-electron chi connectivity index (χ0n) is 14.1. The van der Waals surface area contributed by atoms with Gasteiger partial charge in [-0.2, -0.15) is 0 Å². The Morgan fingerprint density at radius 2 is 1.96 bits per heavy atom. The van der Waals surface area contributed by atoms with Crippen LogP contribution in [-0.4, -0.2) is 32.7 Å². The van der Waals surface area contributed by atoms with E-state index < -0.39 is 15.9 Å². The fourth-order valence-corrected chi connectivity index (χ4v) is 4.15. The molecule has 5 nitrogen and oxygen atoms in total. The van der Waals surface area contributed by atoms with Crippen LogP contribution in [-0.2, 0) is 14.6 Å². The van der Waals surface area contributed by atoms with Crippen molar-refractivity contribution in [1.29, 1.82) is 0 Å². The summed E-state index contributed by atoms with van der Waals surface area (Å²) in [4.78, 5) is 14.3. The number of benzene rings is 2. The molecule has 1 heterocycles. The lowest BCUT2D eigenvalue weighted by atomic mass is 10.1. The van der Waals surface area contributed by atoms with Crippen molar-refractivity contribution in [3.05, 3.63) is 70.6 Å². The molecule has 7 heteroatoms. The molecule has 2 aromatic carbocycles. The summed E-state index contributed by atoms with van der Waals surface area (Å²) in [5, 5.41) is 1.65. The summed E-state index contributed by atoms with van der Waals surface area (Å²) in [5.41, 5.74) is 1.41. The number of carbonyl (C=O) groups excluding carboxylic acids is 1. The first-order chi connectivity index (χ1) is 12.4. The highest BCUT2D eigenvalue weighted by Crippen LogP contribution is 2.27. The summed E-state index contributed by atoms with van der Waals surface area (Å²) in [6, 6.07) is 13.6. The number of halogens is 1. The number of anilines is 1. The minimum atomic E-state index is -3.32. The summed E-state index contributed by atoms with van der Waals surface area (Å²) in [5.74, 6) is 0.0631. The lowest BCUT2D eigenvalue weighted by Crippen LogP contribution is -2.43. The highest BCUT2D eigenvalue weighted by atomic mass is 35.5.